The average molecular weight is 184 g/mol. The van der Waals surface area contributed by atoms with Gasteiger partial charge >= 0.3 is 0 Å². The number of amides is 1. The predicted molar refractivity (Wildman–Crippen MR) is 47.9 cm³/mol. The molecule has 0 atom stereocenters. The summed E-state index contributed by atoms with van der Waals surface area (Å²) < 4.78 is 0. The molecule has 0 unspecified atom stereocenters. The van der Waals surface area contributed by atoms with Gasteiger partial charge in [-0.1, -0.05) is 0 Å². The maximum atomic E-state index is 11.9. The van der Waals surface area contributed by atoms with Crippen molar-refractivity contribution in [3.8, 4) is 0 Å². The Kier molecular flexibility index (Phi) is 2.04. The Morgan fingerprint density at radius 3 is 2.46 bits per heavy atom. The number of carbonyl (C=O) groups excluding carboxylic acids is 1. The van der Waals surface area contributed by atoms with Gasteiger partial charge in [0.05, 0.1) is 12.5 Å². The molecule has 2 aliphatic heterocycles. The number of hydrogen-bond donors (Lipinski definition) is 0. The minimum Gasteiger partial charge on any atom is -0.302 e. The van der Waals surface area contributed by atoms with Crippen molar-refractivity contribution < 1.29 is 9.63 Å². The normalized spacial score (nSPS) is 36.6. The van der Waals surface area contributed by atoms with Gasteiger partial charge in [0.15, 0.2) is 0 Å². The molecule has 0 aromatic carbocycles. The smallest absolute Gasteiger partial charge is 0.253 e. The fourth-order valence-corrected chi connectivity index (χ4v) is 2.42. The van der Waals surface area contributed by atoms with E-state index in [0.717, 1.165) is 32.5 Å². The van der Waals surface area contributed by atoms with Crippen LogP contribution in [0.25, 0.3) is 0 Å². The molecule has 13 heavy (non-hydrogen) atoms. The number of hydrogen-bond acceptors (Lipinski definition) is 3. The molecular weight excluding hydrogens is 168 g/mol. The number of fused-ring (bicyclic) bond motifs is 2. The van der Waals surface area contributed by atoms with Crippen molar-refractivity contribution in [3.05, 3.63) is 0 Å². The molecule has 0 aliphatic carbocycles. The predicted octanol–water partition coefficient (Wildman–Crippen LogP) is 0.102. The summed E-state index contributed by atoms with van der Waals surface area (Å²) in [5.41, 5.74) is -0.120. The van der Waals surface area contributed by atoms with Crippen molar-refractivity contribution >= 4 is 5.91 Å². The number of carbonyl (C=O) groups is 1. The summed E-state index contributed by atoms with van der Waals surface area (Å²) in [5.74, 6) is 0.148. The Balaban J connectivity index is 2.11. The number of rotatable bonds is 2. The maximum absolute atomic E-state index is 11.9. The summed E-state index contributed by atoms with van der Waals surface area (Å²) >= 11 is 0. The van der Waals surface area contributed by atoms with Crippen LogP contribution in [0.15, 0.2) is 0 Å². The van der Waals surface area contributed by atoms with Crippen LogP contribution in [0.4, 0.5) is 0 Å². The molecule has 2 fully saturated rings. The molecule has 0 radical (unpaired) electrons. The summed E-state index contributed by atoms with van der Waals surface area (Å²) in [6.45, 7) is 3.08. The van der Waals surface area contributed by atoms with Gasteiger partial charge in [-0.05, 0) is 25.9 Å². The second kappa shape index (κ2) is 2.96. The van der Waals surface area contributed by atoms with E-state index >= 15 is 0 Å². The first-order valence-electron chi connectivity index (χ1n) is 4.73. The summed E-state index contributed by atoms with van der Waals surface area (Å²) in [6.07, 6.45) is 2.00. The summed E-state index contributed by atoms with van der Waals surface area (Å²) in [7, 11) is 3.23. The lowest BCUT2D eigenvalue weighted by Gasteiger charge is -2.27. The van der Waals surface area contributed by atoms with Crippen molar-refractivity contribution in [2.75, 3.05) is 33.8 Å². The highest BCUT2D eigenvalue weighted by atomic mass is 16.7. The van der Waals surface area contributed by atoms with E-state index in [1.165, 1.54) is 12.2 Å². The van der Waals surface area contributed by atoms with E-state index in [1.54, 1.807) is 7.05 Å². The third kappa shape index (κ3) is 1.25. The average Bonchev–Trinajstić information content (AvgIpc) is 2.76. The number of hydroxylamine groups is 2. The molecular formula is C9H16N2O2. The molecule has 2 rings (SSSR count). The molecule has 0 spiro atoms. The summed E-state index contributed by atoms with van der Waals surface area (Å²) in [4.78, 5) is 19.2. The Morgan fingerprint density at radius 1 is 1.46 bits per heavy atom. The topological polar surface area (TPSA) is 32.8 Å². The molecule has 0 aromatic rings. The van der Waals surface area contributed by atoms with Crippen molar-refractivity contribution in [2.24, 2.45) is 5.41 Å². The van der Waals surface area contributed by atoms with Crippen LogP contribution in [-0.4, -0.2) is 49.7 Å². The van der Waals surface area contributed by atoms with Gasteiger partial charge in [0, 0.05) is 13.6 Å². The first-order chi connectivity index (χ1) is 6.18. The fourth-order valence-electron chi connectivity index (χ4n) is 2.42. The Morgan fingerprint density at radius 2 is 2.08 bits per heavy atom. The van der Waals surface area contributed by atoms with E-state index in [0.29, 0.717) is 0 Å². The van der Waals surface area contributed by atoms with Crippen LogP contribution in [0.1, 0.15) is 12.8 Å². The SMILES string of the molecule is CON(C)C(=O)C12CCN(CC1)C2. The lowest BCUT2D eigenvalue weighted by atomic mass is 9.84. The highest BCUT2D eigenvalue weighted by Crippen LogP contribution is 2.41. The largest absolute Gasteiger partial charge is 0.302 e. The van der Waals surface area contributed by atoms with Gasteiger partial charge in [0.1, 0.15) is 0 Å². The van der Waals surface area contributed by atoms with E-state index in [-0.39, 0.29) is 11.3 Å². The summed E-state index contributed by atoms with van der Waals surface area (Å²) in [5, 5.41) is 1.37. The third-order valence-electron chi connectivity index (χ3n) is 3.35. The Hall–Kier alpha value is -0.610. The van der Waals surface area contributed by atoms with Crippen LogP contribution in [0, 0.1) is 5.41 Å². The second-order valence-corrected chi connectivity index (χ2v) is 4.04. The van der Waals surface area contributed by atoms with Crippen LogP contribution >= 0.6 is 0 Å². The fraction of sp³-hybridized carbons (Fsp3) is 0.889. The highest BCUT2D eigenvalue weighted by molar-refractivity contribution is 5.82. The zero-order chi connectivity index (χ0) is 9.47. The standard InChI is InChI=1S/C9H16N2O2/c1-10(13-2)8(12)9-3-5-11(7-9)6-4-9/h3-7H2,1-2H3. The minimum absolute atomic E-state index is 0.120. The molecule has 0 N–H and O–H groups in total. The van der Waals surface area contributed by atoms with Crippen molar-refractivity contribution in [1.29, 1.82) is 0 Å². The summed E-state index contributed by atoms with van der Waals surface area (Å²) in [6, 6.07) is 0. The second-order valence-electron chi connectivity index (χ2n) is 4.04. The minimum atomic E-state index is -0.120. The van der Waals surface area contributed by atoms with Crippen LogP contribution < -0.4 is 0 Å². The maximum Gasteiger partial charge on any atom is 0.253 e. The number of piperidine rings is 1. The van der Waals surface area contributed by atoms with E-state index in [9.17, 15) is 4.79 Å². The first-order valence-corrected chi connectivity index (χ1v) is 4.73. The molecule has 2 heterocycles. The molecule has 0 aromatic heterocycles. The van der Waals surface area contributed by atoms with Gasteiger partial charge in [0.25, 0.3) is 5.91 Å². The quantitative estimate of drug-likeness (QED) is 0.571. The van der Waals surface area contributed by atoms with Gasteiger partial charge in [-0.3, -0.25) is 9.63 Å². The lowest BCUT2D eigenvalue weighted by molar-refractivity contribution is -0.179. The van der Waals surface area contributed by atoms with Crippen molar-refractivity contribution in [2.45, 2.75) is 12.8 Å². The van der Waals surface area contributed by atoms with Crippen LogP contribution in [0.5, 0.6) is 0 Å². The zero-order valence-corrected chi connectivity index (χ0v) is 8.25. The molecule has 1 amide bonds. The molecule has 4 nitrogen and oxygen atoms in total. The van der Waals surface area contributed by atoms with Gasteiger partial charge < -0.3 is 4.90 Å². The van der Waals surface area contributed by atoms with Crippen molar-refractivity contribution in [3.63, 3.8) is 0 Å². The third-order valence-corrected chi connectivity index (χ3v) is 3.35. The molecule has 2 bridgehead atoms. The van der Waals surface area contributed by atoms with Gasteiger partial charge in [0.2, 0.25) is 0 Å². The van der Waals surface area contributed by atoms with E-state index in [1.807, 2.05) is 0 Å². The lowest BCUT2D eigenvalue weighted by Crippen LogP contribution is -2.41. The monoisotopic (exact) mass is 184 g/mol. The molecule has 2 aliphatic rings. The molecule has 0 saturated carbocycles. The number of nitrogens with zero attached hydrogens (tertiary/aromatic N) is 2. The van der Waals surface area contributed by atoms with E-state index in [2.05, 4.69) is 4.90 Å². The molecule has 4 heteroatoms. The van der Waals surface area contributed by atoms with Gasteiger partial charge in [-0.15, -0.1) is 0 Å². The first kappa shape index (κ1) is 8.97. The van der Waals surface area contributed by atoms with Gasteiger partial charge in [-0.2, -0.15) is 0 Å². The van der Waals surface area contributed by atoms with Crippen molar-refractivity contribution in [1.82, 2.24) is 9.96 Å². The Labute approximate surface area is 78.4 Å². The van der Waals surface area contributed by atoms with Crippen LogP contribution in [0.3, 0.4) is 0 Å². The zero-order valence-electron chi connectivity index (χ0n) is 8.25. The van der Waals surface area contributed by atoms with Crippen LogP contribution in [0.2, 0.25) is 0 Å². The molecule has 2 saturated heterocycles. The van der Waals surface area contributed by atoms with E-state index < -0.39 is 0 Å². The van der Waals surface area contributed by atoms with Gasteiger partial charge in [-0.25, -0.2) is 5.06 Å². The molecule has 74 valence electrons. The van der Waals surface area contributed by atoms with Crippen LogP contribution in [-0.2, 0) is 9.63 Å². The Bertz CT molecular complexity index is 222. The van der Waals surface area contributed by atoms with E-state index in [4.69, 9.17) is 4.84 Å². The highest BCUT2D eigenvalue weighted by Gasteiger charge is 2.50.